The van der Waals surface area contributed by atoms with Crippen LogP contribution in [0.1, 0.15) is 13.8 Å². The topological polar surface area (TPSA) is 51.0 Å². The molecule has 0 aliphatic rings. The number of carbonyl (C=O) groups is 1. The first-order chi connectivity index (χ1) is 12.4. The van der Waals surface area contributed by atoms with Crippen molar-refractivity contribution in [3.8, 4) is 11.4 Å². The van der Waals surface area contributed by atoms with Gasteiger partial charge in [0.15, 0.2) is 11.0 Å². The Bertz CT molecular complexity index is 891. The van der Waals surface area contributed by atoms with E-state index in [9.17, 15) is 4.79 Å². The standard InChI is InChI=1S/C20H22N4OS/c1-20(2,18(25)23(3)16-13-9-6-10-14-16)26-19-22-21-17(24(19)4)15-11-7-5-8-12-15/h5-14H,1-4H3. The molecule has 1 heterocycles. The molecule has 26 heavy (non-hydrogen) atoms. The van der Waals surface area contributed by atoms with Gasteiger partial charge in [-0.15, -0.1) is 10.2 Å². The monoisotopic (exact) mass is 366 g/mol. The zero-order chi connectivity index (χ0) is 18.7. The molecule has 6 heteroatoms. The number of rotatable bonds is 5. The fraction of sp³-hybridized carbons (Fsp3) is 0.250. The lowest BCUT2D eigenvalue weighted by atomic mass is 10.1. The van der Waals surface area contributed by atoms with E-state index in [0.29, 0.717) is 5.16 Å². The summed E-state index contributed by atoms with van der Waals surface area (Å²) in [4.78, 5) is 14.7. The van der Waals surface area contributed by atoms with Crippen molar-refractivity contribution in [1.29, 1.82) is 0 Å². The molecule has 0 saturated heterocycles. The van der Waals surface area contributed by atoms with Crippen LogP contribution in [0.5, 0.6) is 0 Å². The number of amides is 1. The van der Waals surface area contributed by atoms with Gasteiger partial charge in [-0.1, -0.05) is 60.3 Å². The van der Waals surface area contributed by atoms with E-state index in [1.807, 2.05) is 86.1 Å². The average molecular weight is 366 g/mol. The number of anilines is 1. The zero-order valence-electron chi connectivity index (χ0n) is 15.4. The molecule has 3 aromatic rings. The highest BCUT2D eigenvalue weighted by molar-refractivity contribution is 8.01. The van der Waals surface area contributed by atoms with Gasteiger partial charge in [0.2, 0.25) is 5.91 Å². The van der Waals surface area contributed by atoms with Crippen LogP contribution in [-0.2, 0) is 11.8 Å². The van der Waals surface area contributed by atoms with Gasteiger partial charge in [-0.2, -0.15) is 0 Å². The van der Waals surface area contributed by atoms with Gasteiger partial charge in [-0.3, -0.25) is 4.79 Å². The van der Waals surface area contributed by atoms with Crippen molar-refractivity contribution in [1.82, 2.24) is 14.8 Å². The lowest BCUT2D eigenvalue weighted by Gasteiger charge is -2.28. The summed E-state index contributed by atoms with van der Waals surface area (Å²) in [5.41, 5.74) is 1.87. The van der Waals surface area contributed by atoms with E-state index in [2.05, 4.69) is 10.2 Å². The van der Waals surface area contributed by atoms with Crippen LogP contribution in [0.4, 0.5) is 5.69 Å². The molecule has 134 valence electrons. The van der Waals surface area contributed by atoms with E-state index in [1.54, 1.807) is 11.9 Å². The Balaban J connectivity index is 1.81. The number of hydrogen-bond donors (Lipinski definition) is 0. The van der Waals surface area contributed by atoms with E-state index < -0.39 is 4.75 Å². The van der Waals surface area contributed by atoms with Crippen molar-refractivity contribution in [3.05, 3.63) is 60.7 Å². The maximum absolute atomic E-state index is 13.0. The lowest BCUT2D eigenvalue weighted by molar-refractivity contribution is -0.119. The molecule has 0 saturated carbocycles. The Labute approximate surface area is 158 Å². The van der Waals surface area contributed by atoms with Gasteiger partial charge in [-0.25, -0.2) is 0 Å². The second-order valence-corrected chi connectivity index (χ2v) is 8.13. The maximum Gasteiger partial charge on any atom is 0.242 e. The number of carbonyl (C=O) groups excluding carboxylic acids is 1. The molecule has 2 aromatic carbocycles. The number of nitrogens with zero attached hydrogens (tertiary/aromatic N) is 4. The Kier molecular flexibility index (Phi) is 5.13. The highest BCUT2D eigenvalue weighted by Crippen LogP contribution is 2.35. The number of para-hydroxylation sites is 1. The molecule has 3 rings (SSSR count). The summed E-state index contributed by atoms with van der Waals surface area (Å²) in [7, 11) is 3.72. The molecule has 0 unspecified atom stereocenters. The van der Waals surface area contributed by atoms with Gasteiger partial charge in [0.1, 0.15) is 0 Å². The largest absolute Gasteiger partial charge is 0.314 e. The van der Waals surface area contributed by atoms with Crippen LogP contribution in [0, 0.1) is 0 Å². The Morgan fingerprint density at radius 1 is 1.00 bits per heavy atom. The van der Waals surface area contributed by atoms with E-state index >= 15 is 0 Å². The minimum Gasteiger partial charge on any atom is -0.314 e. The van der Waals surface area contributed by atoms with E-state index in [0.717, 1.165) is 17.1 Å². The fourth-order valence-corrected chi connectivity index (χ4v) is 3.67. The van der Waals surface area contributed by atoms with Gasteiger partial charge in [-0.05, 0) is 26.0 Å². The molecule has 0 radical (unpaired) electrons. The normalized spacial score (nSPS) is 11.4. The van der Waals surface area contributed by atoms with Crippen molar-refractivity contribution in [2.45, 2.75) is 23.8 Å². The van der Waals surface area contributed by atoms with Crippen LogP contribution in [0.15, 0.2) is 65.8 Å². The first kappa shape index (κ1) is 18.2. The van der Waals surface area contributed by atoms with Gasteiger partial charge in [0.25, 0.3) is 0 Å². The molecule has 0 bridgehead atoms. The lowest BCUT2D eigenvalue weighted by Crippen LogP contribution is -2.41. The number of hydrogen-bond acceptors (Lipinski definition) is 4. The van der Waals surface area contributed by atoms with Crippen molar-refractivity contribution >= 4 is 23.4 Å². The summed E-state index contributed by atoms with van der Waals surface area (Å²) in [6.07, 6.45) is 0. The molecule has 0 atom stereocenters. The summed E-state index contributed by atoms with van der Waals surface area (Å²) in [5.74, 6) is 0.797. The van der Waals surface area contributed by atoms with Crippen molar-refractivity contribution in [2.24, 2.45) is 7.05 Å². The van der Waals surface area contributed by atoms with Crippen molar-refractivity contribution in [2.75, 3.05) is 11.9 Å². The third kappa shape index (κ3) is 3.65. The molecule has 0 aliphatic heterocycles. The molecule has 0 spiro atoms. The van der Waals surface area contributed by atoms with E-state index in [4.69, 9.17) is 0 Å². The molecular formula is C20H22N4OS. The molecule has 1 amide bonds. The zero-order valence-corrected chi connectivity index (χ0v) is 16.2. The first-order valence-corrected chi connectivity index (χ1v) is 9.19. The Hall–Kier alpha value is -2.60. The number of aromatic nitrogens is 3. The Morgan fingerprint density at radius 2 is 1.58 bits per heavy atom. The molecule has 0 fully saturated rings. The van der Waals surface area contributed by atoms with Crippen LogP contribution in [0.2, 0.25) is 0 Å². The summed E-state index contributed by atoms with van der Waals surface area (Å²) in [6.45, 7) is 3.83. The summed E-state index contributed by atoms with van der Waals surface area (Å²) < 4.78 is 1.25. The van der Waals surface area contributed by atoms with Gasteiger partial charge in [0, 0.05) is 25.3 Å². The van der Waals surface area contributed by atoms with Crippen molar-refractivity contribution < 1.29 is 4.79 Å². The SMILES string of the molecule is CN(C(=O)C(C)(C)Sc1nnc(-c2ccccc2)n1C)c1ccccc1. The molecule has 0 N–H and O–H groups in total. The summed E-state index contributed by atoms with van der Waals surface area (Å²) >= 11 is 1.42. The predicted molar refractivity (Wildman–Crippen MR) is 106 cm³/mol. The smallest absolute Gasteiger partial charge is 0.242 e. The Morgan fingerprint density at radius 3 is 2.19 bits per heavy atom. The molecule has 1 aromatic heterocycles. The highest BCUT2D eigenvalue weighted by atomic mass is 32.2. The van der Waals surface area contributed by atoms with Crippen LogP contribution >= 0.6 is 11.8 Å². The minimum atomic E-state index is -0.681. The average Bonchev–Trinajstić information content (AvgIpc) is 3.01. The predicted octanol–water partition coefficient (Wildman–Crippen LogP) is 4.02. The van der Waals surface area contributed by atoms with E-state index in [-0.39, 0.29) is 5.91 Å². The first-order valence-electron chi connectivity index (χ1n) is 8.37. The molecular weight excluding hydrogens is 344 g/mol. The van der Waals surface area contributed by atoms with Crippen LogP contribution in [0.3, 0.4) is 0 Å². The third-order valence-electron chi connectivity index (χ3n) is 4.18. The summed E-state index contributed by atoms with van der Waals surface area (Å²) in [6, 6.07) is 19.5. The summed E-state index contributed by atoms with van der Waals surface area (Å²) in [5, 5.41) is 9.31. The third-order valence-corrected chi connectivity index (χ3v) is 5.40. The van der Waals surface area contributed by atoms with Crippen LogP contribution < -0.4 is 4.90 Å². The quantitative estimate of drug-likeness (QED) is 0.640. The highest BCUT2D eigenvalue weighted by Gasteiger charge is 2.34. The number of thioether (sulfide) groups is 1. The van der Waals surface area contributed by atoms with Crippen LogP contribution in [0.25, 0.3) is 11.4 Å². The number of benzene rings is 2. The van der Waals surface area contributed by atoms with Gasteiger partial charge >= 0.3 is 0 Å². The van der Waals surface area contributed by atoms with Crippen molar-refractivity contribution in [3.63, 3.8) is 0 Å². The minimum absolute atomic E-state index is 0.0120. The second-order valence-electron chi connectivity index (χ2n) is 6.54. The molecule has 5 nitrogen and oxygen atoms in total. The second kappa shape index (κ2) is 7.33. The van der Waals surface area contributed by atoms with Crippen LogP contribution in [-0.4, -0.2) is 32.5 Å². The maximum atomic E-state index is 13.0. The fourth-order valence-electron chi connectivity index (χ4n) is 2.69. The van der Waals surface area contributed by atoms with Gasteiger partial charge < -0.3 is 9.47 Å². The molecule has 0 aliphatic carbocycles. The van der Waals surface area contributed by atoms with E-state index in [1.165, 1.54) is 11.8 Å². The van der Waals surface area contributed by atoms with Gasteiger partial charge in [0.05, 0.1) is 4.75 Å².